The first kappa shape index (κ1) is 21.9. The number of benzene rings is 2. The zero-order valence-corrected chi connectivity index (χ0v) is 19.2. The molecule has 31 heavy (non-hydrogen) atoms. The van der Waals surface area contributed by atoms with E-state index in [4.69, 9.17) is 0 Å². The fourth-order valence-corrected chi connectivity index (χ4v) is 5.21. The van der Waals surface area contributed by atoms with Crippen LogP contribution in [0.3, 0.4) is 0 Å². The first-order chi connectivity index (χ1) is 15.0. The van der Waals surface area contributed by atoms with E-state index in [0.29, 0.717) is 13.1 Å². The Morgan fingerprint density at radius 1 is 1.03 bits per heavy atom. The Morgan fingerprint density at radius 2 is 1.74 bits per heavy atom. The van der Waals surface area contributed by atoms with Crippen molar-refractivity contribution in [1.82, 2.24) is 9.80 Å². The van der Waals surface area contributed by atoms with Crippen molar-refractivity contribution < 1.29 is 9.59 Å². The Morgan fingerprint density at radius 3 is 2.45 bits per heavy atom. The van der Waals surface area contributed by atoms with Crippen LogP contribution in [-0.4, -0.2) is 52.8 Å². The number of amides is 2. The number of carbonyl (C=O) groups is 2. The summed E-state index contributed by atoms with van der Waals surface area (Å²) in [6.07, 6.45) is 0.280. The number of nitrogens with one attached hydrogen (secondary N) is 1. The first-order valence-corrected chi connectivity index (χ1v) is 12.2. The van der Waals surface area contributed by atoms with E-state index < -0.39 is 0 Å². The summed E-state index contributed by atoms with van der Waals surface area (Å²) in [7, 11) is 0. The second kappa shape index (κ2) is 9.88. The minimum Gasteiger partial charge on any atom is -0.338 e. The average Bonchev–Trinajstić information content (AvgIpc) is 3.13. The summed E-state index contributed by atoms with van der Waals surface area (Å²) in [6, 6.07) is 14.5. The van der Waals surface area contributed by atoms with Gasteiger partial charge in [0.05, 0.1) is 5.92 Å². The number of rotatable bonds is 6. The third-order valence-electron chi connectivity index (χ3n) is 6.14. The summed E-state index contributed by atoms with van der Waals surface area (Å²) in [5.74, 6) is 2.08. The standard InChI is InChI=1S/C25H31N3O2S/c1-18-3-5-20(6-4-18)16-28-17-22(14-24(28)29)25(30)26-23-8-7-21(13-19(23)2)15-27-9-11-31-12-10-27/h3-8,13,22H,9-12,14-17H2,1-2H3,(H,26,30). The van der Waals surface area contributed by atoms with Crippen LogP contribution >= 0.6 is 11.8 Å². The summed E-state index contributed by atoms with van der Waals surface area (Å²) in [4.78, 5) is 29.6. The molecule has 2 aliphatic rings. The smallest absolute Gasteiger partial charge is 0.229 e. The maximum Gasteiger partial charge on any atom is 0.229 e. The molecule has 2 aromatic rings. The van der Waals surface area contributed by atoms with Gasteiger partial charge in [-0.2, -0.15) is 11.8 Å². The van der Waals surface area contributed by atoms with Crippen molar-refractivity contribution in [2.24, 2.45) is 5.92 Å². The molecule has 0 spiro atoms. The molecular formula is C25H31N3O2S. The van der Waals surface area contributed by atoms with E-state index in [-0.39, 0.29) is 24.2 Å². The Kier molecular flexibility index (Phi) is 6.98. The normalized spacial score (nSPS) is 19.6. The Hall–Kier alpha value is -2.31. The molecule has 2 fully saturated rings. The SMILES string of the molecule is Cc1ccc(CN2CC(C(=O)Nc3ccc(CN4CCSCC4)cc3C)CC2=O)cc1. The van der Waals surface area contributed by atoms with Gasteiger partial charge in [-0.25, -0.2) is 0 Å². The lowest BCUT2D eigenvalue weighted by Gasteiger charge is -2.26. The van der Waals surface area contributed by atoms with Crippen molar-refractivity contribution in [3.05, 3.63) is 64.7 Å². The second-order valence-corrected chi connectivity index (χ2v) is 9.91. The lowest BCUT2D eigenvalue weighted by molar-refractivity contribution is -0.128. The maximum absolute atomic E-state index is 12.9. The number of hydrogen-bond acceptors (Lipinski definition) is 4. The first-order valence-electron chi connectivity index (χ1n) is 11.0. The van der Waals surface area contributed by atoms with Gasteiger partial charge in [-0.05, 0) is 36.6 Å². The van der Waals surface area contributed by atoms with Crippen LogP contribution in [0, 0.1) is 19.8 Å². The molecule has 4 rings (SSSR count). The molecule has 2 amide bonds. The van der Waals surface area contributed by atoms with E-state index in [0.717, 1.165) is 36.4 Å². The largest absolute Gasteiger partial charge is 0.338 e. The van der Waals surface area contributed by atoms with Crippen LogP contribution < -0.4 is 5.32 Å². The molecule has 0 saturated carbocycles. The summed E-state index contributed by atoms with van der Waals surface area (Å²) in [5.41, 5.74) is 5.48. The van der Waals surface area contributed by atoms with Gasteiger partial charge in [-0.15, -0.1) is 0 Å². The summed E-state index contributed by atoms with van der Waals surface area (Å²) < 4.78 is 0. The Balaban J connectivity index is 1.33. The monoisotopic (exact) mass is 437 g/mol. The predicted octanol–water partition coefficient (Wildman–Crippen LogP) is 3.84. The van der Waals surface area contributed by atoms with Crippen molar-refractivity contribution in [3.8, 4) is 0 Å². The van der Waals surface area contributed by atoms with Crippen LogP contribution in [0.15, 0.2) is 42.5 Å². The average molecular weight is 438 g/mol. The fraction of sp³-hybridized carbons (Fsp3) is 0.440. The fourth-order valence-electron chi connectivity index (χ4n) is 4.23. The molecule has 6 heteroatoms. The Labute approximate surface area is 189 Å². The molecule has 0 radical (unpaired) electrons. The molecule has 1 N–H and O–H groups in total. The highest BCUT2D eigenvalue weighted by atomic mass is 32.2. The minimum atomic E-state index is -0.303. The van der Waals surface area contributed by atoms with Gasteiger partial charge in [0.2, 0.25) is 11.8 Å². The molecule has 2 aromatic carbocycles. The minimum absolute atomic E-state index is 0.0486. The van der Waals surface area contributed by atoms with Gasteiger partial charge >= 0.3 is 0 Å². The molecule has 0 aromatic heterocycles. The number of aryl methyl sites for hydroxylation is 2. The van der Waals surface area contributed by atoms with E-state index in [1.165, 1.54) is 22.6 Å². The lowest BCUT2D eigenvalue weighted by atomic mass is 10.1. The van der Waals surface area contributed by atoms with Gasteiger partial charge in [0.1, 0.15) is 0 Å². The van der Waals surface area contributed by atoms with Crippen LogP contribution in [-0.2, 0) is 22.7 Å². The highest BCUT2D eigenvalue weighted by Crippen LogP contribution is 2.24. The van der Waals surface area contributed by atoms with Crippen LogP contribution in [0.25, 0.3) is 0 Å². The lowest BCUT2D eigenvalue weighted by Crippen LogP contribution is -2.32. The van der Waals surface area contributed by atoms with Gasteiger partial charge < -0.3 is 10.2 Å². The van der Waals surface area contributed by atoms with E-state index in [1.807, 2.05) is 43.8 Å². The number of nitrogens with zero attached hydrogens (tertiary/aromatic N) is 2. The van der Waals surface area contributed by atoms with Crippen LogP contribution in [0.1, 0.15) is 28.7 Å². The number of likely N-dealkylation sites (tertiary alicyclic amines) is 1. The second-order valence-electron chi connectivity index (χ2n) is 8.69. The van der Waals surface area contributed by atoms with E-state index in [9.17, 15) is 9.59 Å². The number of anilines is 1. The summed E-state index contributed by atoms with van der Waals surface area (Å²) >= 11 is 2.02. The molecule has 0 aliphatic carbocycles. The highest BCUT2D eigenvalue weighted by Gasteiger charge is 2.34. The van der Waals surface area contributed by atoms with Crippen molar-refractivity contribution in [1.29, 1.82) is 0 Å². The van der Waals surface area contributed by atoms with Gasteiger partial charge in [0.25, 0.3) is 0 Å². The molecule has 5 nitrogen and oxygen atoms in total. The van der Waals surface area contributed by atoms with E-state index >= 15 is 0 Å². The van der Waals surface area contributed by atoms with Crippen molar-refractivity contribution in [2.75, 3.05) is 36.5 Å². The van der Waals surface area contributed by atoms with Crippen molar-refractivity contribution in [2.45, 2.75) is 33.4 Å². The number of carbonyl (C=O) groups excluding carboxylic acids is 2. The van der Waals surface area contributed by atoms with Gasteiger partial charge in [-0.3, -0.25) is 14.5 Å². The van der Waals surface area contributed by atoms with E-state index in [1.54, 1.807) is 4.90 Å². The zero-order chi connectivity index (χ0) is 21.8. The molecular weight excluding hydrogens is 406 g/mol. The highest BCUT2D eigenvalue weighted by molar-refractivity contribution is 7.99. The Bertz CT molecular complexity index is 938. The molecule has 2 heterocycles. The molecule has 1 unspecified atom stereocenters. The van der Waals surface area contributed by atoms with Gasteiger partial charge in [0.15, 0.2) is 0 Å². The molecule has 2 aliphatic heterocycles. The van der Waals surface area contributed by atoms with Crippen LogP contribution in [0.2, 0.25) is 0 Å². The molecule has 164 valence electrons. The topological polar surface area (TPSA) is 52.7 Å². The summed E-state index contributed by atoms with van der Waals surface area (Å²) in [5, 5.41) is 3.06. The van der Waals surface area contributed by atoms with Gasteiger partial charge in [0, 0.05) is 56.3 Å². The van der Waals surface area contributed by atoms with Crippen LogP contribution in [0.5, 0.6) is 0 Å². The maximum atomic E-state index is 12.9. The quantitative estimate of drug-likeness (QED) is 0.746. The van der Waals surface area contributed by atoms with Crippen molar-refractivity contribution in [3.63, 3.8) is 0 Å². The van der Waals surface area contributed by atoms with Crippen LogP contribution in [0.4, 0.5) is 5.69 Å². The molecule has 2 saturated heterocycles. The van der Waals surface area contributed by atoms with E-state index in [2.05, 4.69) is 34.5 Å². The molecule has 1 atom stereocenters. The van der Waals surface area contributed by atoms with Gasteiger partial charge in [-0.1, -0.05) is 42.0 Å². The third kappa shape index (κ3) is 5.69. The molecule has 0 bridgehead atoms. The third-order valence-corrected chi connectivity index (χ3v) is 7.08. The predicted molar refractivity (Wildman–Crippen MR) is 127 cm³/mol. The summed E-state index contributed by atoms with van der Waals surface area (Å²) in [6.45, 7) is 8.35. The number of hydrogen-bond donors (Lipinski definition) is 1. The van der Waals surface area contributed by atoms with Crippen molar-refractivity contribution >= 4 is 29.3 Å². The zero-order valence-electron chi connectivity index (χ0n) is 18.4. The number of thioether (sulfide) groups is 1.